The number of amidine groups is 1. The van der Waals surface area contributed by atoms with Crippen molar-refractivity contribution in [3.05, 3.63) is 52.0 Å². The number of amides is 1. The molecule has 0 unspecified atom stereocenters. The standard InChI is InChI=1S/C13H12BrN5O2/c1-7-5-17-11(6-16-7)13(20)18-10-3-2-8(4-9(10)14)12(15)19-21/h2-6,21H,1H3,(H2,15,19)(H,18,20). The molecule has 0 saturated carbocycles. The third kappa shape index (κ3) is 3.54. The first-order valence-corrected chi connectivity index (χ1v) is 6.68. The lowest BCUT2D eigenvalue weighted by molar-refractivity contribution is 0.102. The van der Waals surface area contributed by atoms with E-state index in [0.717, 1.165) is 5.69 Å². The Bertz CT molecular complexity index is 700. The Morgan fingerprint density at radius 1 is 1.38 bits per heavy atom. The summed E-state index contributed by atoms with van der Waals surface area (Å²) in [5.74, 6) is -0.391. The second kappa shape index (κ2) is 6.31. The third-order valence-electron chi connectivity index (χ3n) is 2.63. The van der Waals surface area contributed by atoms with Gasteiger partial charge in [0.15, 0.2) is 5.84 Å². The van der Waals surface area contributed by atoms with Gasteiger partial charge >= 0.3 is 0 Å². The lowest BCUT2D eigenvalue weighted by atomic mass is 10.2. The number of rotatable bonds is 3. The Balaban J connectivity index is 2.20. The van der Waals surface area contributed by atoms with E-state index >= 15 is 0 Å². The third-order valence-corrected chi connectivity index (χ3v) is 3.29. The number of nitrogens with zero attached hydrogens (tertiary/aromatic N) is 3. The van der Waals surface area contributed by atoms with E-state index in [0.29, 0.717) is 15.7 Å². The molecule has 1 amide bonds. The molecule has 0 fully saturated rings. The molecule has 0 bridgehead atoms. The quantitative estimate of drug-likeness (QED) is 0.339. The van der Waals surface area contributed by atoms with E-state index in [-0.39, 0.29) is 17.4 Å². The number of aryl methyl sites for hydroxylation is 1. The summed E-state index contributed by atoms with van der Waals surface area (Å²) >= 11 is 3.31. The number of nitrogens with one attached hydrogen (secondary N) is 1. The van der Waals surface area contributed by atoms with Gasteiger partial charge in [0.1, 0.15) is 5.69 Å². The molecule has 0 atom stereocenters. The highest BCUT2D eigenvalue weighted by molar-refractivity contribution is 9.10. The molecule has 21 heavy (non-hydrogen) atoms. The first-order chi connectivity index (χ1) is 10.0. The summed E-state index contributed by atoms with van der Waals surface area (Å²) in [6.07, 6.45) is 2.93. The summed E-state index contributed by atoms with van der Waals surface area (Å²) in [4.78, 5) is 20.0. The Hall–Kier alpha value is -2.48. The molecule has 1 aromatic heterocycles. The van der Waals surface area contributed by atoms with Crippen LogP contribution >= 0.6 is 15.9 Å². The molecule has 1 heterocycles. The van der Waals surface area contributed by atoms with Crippen LogP contribution in [0, 0.1) is 6.92 Å². The average Bonchev–Trinajstić information content (AvgIpc) is 2.49. The summed E-state index contributed by atoms with van der Waals surface area (Å²) in [5.41, 5.74) is 7.51. The number of hydrogen-bond acceptors (Lipinski definition) is 5. The van der Waals surface area contributed by atoms with Crippen LogP contribution in [0.25, 0.3) is 0 Å². The first kappa shape index (κ1) is 14.9. The maximum Gasteiger partial charge on any atom is 0.275 e. The molecular formula is C13H12BrN5O2. The number of halogens is 1. The molecule has 7 nitrogen and oxygen atoms in total. The van der Waals surface area contributed by atoms with Gasteiger partial charge in [-0.3, -0.25) is 9.78 Å². The highest BCUT2D eigenvalue weighted by atomic mass is 79.9. The zero-order chi connectivity index (χ0) is 15.4. The van der Waals surface area contributed by atoms with Gasteiger partial charge in [0.05, 0.1) is 17.6 Å². The van der Waals surface area contributed by atoms with Gasteiger partial charge in [0, 0.05) is 16.2 Å². The molecule has 0 radical (unpaired) electrons. The molecule has 0 aliphatic rings. The molecule has 0 aliphatic heterocycles. The maximum atomic E-state index is 12.0. The minimum atomic E-state index is -0.375. The van der Waals surface area contributed by atoms with Crippen LogP contribution < -0.4 is 11.1 Å². The molecule has 0 saturated heterocycles. The molecule has 1 aromatic carbocycles. The van der Waals surface area contributed by atoms with Crippen LogP contribution in [0.5, 0.6) is 0 Å². The highest BCUT2D eigenvalue weighted by Crippen LogP contribution is 2.24. The molecular weight excluding hydrogens is 338 g/mol. The number of nitrogens with two attached hydrogens (primary N) is 1. The number of aromatic nitrogens is 2. The van der Waals surface area contributed by atoms with Crippen molar-refractivity contribution >= 4 is 33.4 Å². The van der Waals surface area contributed by atoms with Crippen molar-refractivity contribution in [2.75, 3.05) is 5.32 Å². The Morgan fingerprint density at radius 3 is 2.71 bits per heavy atom. The van der Waals surface area contributed by atoms with Gasteiger partial charge in [-0.15, -0.1) is 0 Å². The molecule has 2 aromatic rings. The SMILES string of the molecule is Cc1cnc(C(=O)Nc2ccc(/C(N)=N/O)cc2Br)cn1. The number of anilines is 1. The van der Waals surface area contributed by atoms with E-state index in [1.807, 2.05) is 0 Å². The Labute approximate surface area is 129 Å². The Kier molecular flexibility index (Phi) is 4.49. The van der Waals surface area contributed by atoms with Crippen molar-refractivity contribution < 1.29 is 10.0 Å². The molecule has 4 N–H and O–H groups in total. The van der Waals surface area contributed by atoms with E-state index in [2.05, 4.69) is 36.4 Å². The number of benzene rings is 1. The topological polar surface area (TPSA) is 113 Å². The highest BCUT2D eigenvalue weighted by Gasteiger charge is 2.11. The van der Waals surface area contributed by atoms with E-state index in [9.17, 15) is 4.79 Å². The zero-order valence-electron chi connectivity index (χ0n) is 11.0. The van der Waals surface area contributed by atoms with Crippen molar-refractivity contribution in [3.8, 4) is 0 Å². The van der Waals surface area contributed by atoms with Gasteiger partial charge in [0.25, 0.3) is 5.91 Å². The van der Waals surface area contributed by atoms with Crippen molar-refractivity contribution in [2.24, 2.45) is 10.9 Å². The summed E-state index contributed by atoms with van der Waals surface area (Å²) in [6.45, 7) is 1.79. The molecule has 108 valence electrons. The molecule has 8 heteroatoms. The predicted molar refractivity (Wildman–Crippen MR) is 81.4 cm³/mol. The van der Waals surface area contributed by atoms with Gasteiger partial charge in [-0.05, 0) is 41.1 Å². The van der Waals surface area contributed by atoms with E-state index in [4.69, 9.17) is 10.9 Å². The van der Waals surface area contributed by atoms with Crippen LogP contribution in [-0.2, 0) is 0 Å². The number of carbonyl (C=O) groups is 1. The van der Waals surface area contributed by atoms with Crippen LogP contribution in [0.15, 0.2) is 40.2 Å². The van der Waals surface area contributed by atoms with Crippen molar-refractivity contribution in [3.63, 3.8) is 0 Å². The summed E-state index contributed by atoms with van der Waals surface area (Å²) in [6, 6.07) is 4.89. The predicted octanol–water partition coefficient (Wildman–Crippen LogP) is 1.89. The van der Waals surface area contributed by atoms with Crippen molar-refractivity contribution in [2.45, 2.75) is 6.92 Å². The smallest absolute Gasteiger partial charge is 0.275 e. The van der Waals surface area contributed by atoms with Crippen LogP contribution in [0.1, 0.15) is 21.7 Å². The summed E-state index contributed by atoms with van der Waals surface area (Å²) in [7, 11) is 0. The van der Waals surface area contributed by atoms with Gasteiger partial charge in [0.2, 0.25) is 0 Å². The van der Waals surface area contributed by atoms with E-state index in [1.165, 1.54) is 12.4 Å². The lowest BCUT2D eigenvalue weighted by Crippen LogP contribution is -2.16. The van der Waals surface area contributed by atoms with Gasteiger partial charge in [-0.2, -0.15) is 0 Å². The van der Waals surface area contributed by atoms with Crippen LogP contribution in [0.4, 0.5) is 5.69 Å². The summed E-state index contributed by atoms with van der Waals surface area (Å²) in [5, 5.41) is 14.2. The average molecular weight is 350 g/mol. The van der Waals surface area contributed by atoms with Crippen LogP contribution in [-0.4, -0.2) is 26.9 Å². The molecule has 0 spiro atoms. The normalized spacial score (nSPS) is 11.2. The van der Waals surface area contributed by atoms with Crippen molar-refractivity contribution in [1.82, 2.24) is 9.97 Å². The van der Waals surface area contributed by atoms with Crippen LogP contribution in [0.2, 0.25) is 0 Å². The lowest BCUT2D eigenvalue weighted by Gasteiger charge is -2.08. The fourth-order valence-electron chi connectivity index (χ4n) is 1.53. The number of oxime groups is 1. The minimum absolute atomic E-state index is 0.0158. The zero-order valence-corrected chi connectivity index (χ0v) is 12.6. The van der Waals surface area contributed by atoms with Gasteiger partial charge in [-0.25, -0.2) is 4.98 Å². The second-order valence-corrected chi connectivity index (χ2v) is 5.03. The first-order valence-electron chi connectivity index (χ1n) is 5.88. The Morgan fingerprint density at radius 2 is 2.14 bits per heavy atom. The van der Waals surface area contributed by atoms with E-state index in [1.54, 1.807) is 25.1 Å². The minimum Gasteiger partial charge on any atom is -0.409 e. The van der Waals surface area contributed by atoms with E-state index < -0.39 is 0 Å². The molecule has 2 rings (SSSR count). The van der Waals surface area contributed by atoms with Gasteiger partial charge < -0.3 is 16.3 Å². The monoisotopic (exact) mass is 349 g/mol. The summed E-state index contributed by atoms with van der Waals surface area (Å²) < 4.78 is 0.597. The molecule has 0 aliphatic carbocycles. The van der Waals surface area contributed by atoms with Crippen LogP contribution in [0.3, 0.4) is 0 Å². The second-order valence-electron chi connectivity index (χ2n) is 4.18. The number of hydrogen-bond donors (Lipinski definition) is 3. The fraction of sp³-hybridized carbons (Fsp3) is 0.0769. The fourth-order valence-corrected chi connectivity index (χ4v) is 2.01. The largest absolute Gasteiger partial charge is 0.409 e. The van der Waals surface area contributed by atoms with Crippen molar-refractivity contribution in [1.29, 1.82) is 0 Å². The number of carbonyl (C=O) groups excluding carboxylic acids is 1. The maximum absolute atomic E-state index is 12.0. The van der Waals surface area contributed by atoms with Gasteiger partial charge in [-0.1, -0.05) is 5.16 Å².